The monoisotopic (exact) mass is 245 g/mol. The number of pyridine rings is 1. The Balaban J connectivity index is 1.68. The zero-order valence-electron chi connectivity index (χ0n) is 10.5. The van der Waals surface area contributed by atoms with Crippen molar-refractivity contribution in [3.8, 4) is 0 Å². The second-order valence-corrected chi connectivity index (χ2v) is 5.25. The number of nitrogens with zero attached hydrogens (tertiary/aromatic N) is 2. The minimum absolute atomic E-state index is 0.251. The van der Waals surface area contributed by atoms with E-state index in [2.05, 4.69) is 15.2 Å². The lowest BCUT2D eigenvalue weighted by atomic mass is 9.91. The standard InChI is InChI=1S/C14H19N3O/c18-14(7-11-3-1-5-15-8-11)17-6-2-4-12-9-16-10-13(12)17/h1,3,5,8,12-13,16H,2,4,6-7,9-10H2. The van der Waals surface area contributed by atoms with Gasteiger partial charge < -0.3 is 10.2 Å². The lowest BCUT2D eigenvalue weighted by Gasteiger charge is -2.37. The number of carbonyl (C=O) groups is 1. The van der Waals surface area contributed by atoms with Gasteiger partial charge in [-0.25, -0.2) is 0 Å². The van der Waals surface area contributed by atoms with Crippen LogP contribution in [0.1, 0.15) is 18.4 Å². The largest absolute Gasteiger partial charge is 0.338 e. The Morgan fingerprint density at radius 1 is 1.50 bits per heavy atom. The van der Waals surface area contributed by atoms with Gasteiger partial charge in [0.25, 0.3) is 0 Å². The first-order valence-electron chi connectivity index (χ1n) is 6.73. The molecular formula is C14H19N3O. The lowest BCUT2D eigenvalue weighted by Crippen LogP contribution is -2.48. The Labute approximate surface area is 107 Å². The van der Waals surface area contributed by atoms with Crippen LogP contribution in [0.15, 0.2) is 24.5 Å². The van der Waals surface area contributed by atoms with Gasteiger partial charge in [-0.15, -0.1) is 0 Å². The third-order valence-electron chi connectivity index (χ3n) is 4.08. The van der Waals surface area contributed by atoms with Crippen molar-refractivity contribution in [2.45, 2.75) is 25.3 Å². The van der Waals surface area contributed by atoms with Gasteiger partial charge in [0.2, 0.25) is 5.91 Å². The highest BCUT2D eigenvalue weighted by atomic mass is 16.2. The van der Waals surface area contributed by atoms with Gasteiger partial charge in [0.1, 0.15) is 0 Å². The minimum atomic E-state index is 0.251. The van der Waals surface area contributed by atoms with Crippen molar-refractivity contribution in [2.24, 2.45) is 5.92 Å². The van der Waals surface area contributed by atoms with Crippen LogP contribution in [-0.4, -0.2) is 41.5 Å². The third-order valence-corrected chi connectivity index (χ3v) is 4.08. The molecule has 2 atom stereocenters. The number of carbonyl (C=O) groups excluding carboxylic acids is 1. The minimum Gasteiger partial charge on any atom is -0.338 e. The summed E-state index contributed by atoms with van der Waals surface area (Å²) in [6.07, 6.45) is 6.41. The average molecular weight is 245 g/mol. The van der Waals surface area contributed by atoms with Gasteiger partial charge in [0.05, 0.1) is 6.42 Å². The number of hydrogen-bond acceptors (Lipinski definition) is 3. The third kappa shape index (κ3) is 2.25. The Morgan fingerprint density at radius 2 is 2.44 bits per heavy atom. The van der Waals surface area contributed by atoms with E-state index in [9.17, 15) is 4.79 Å². The van der Waals surface area contributed by atoms with Gasteiger partial charge in [-0.2, -0.15) is 0 Å². The molecule has 2 aliphatic heterocycles. The van der Waals surface area contributed by atoms with Crippen molar-refractivity contribution in [1.29, 1.82) is 0 Å². The van der Waals surface area contributed by atoms with Crippen molar-refractivity contribution in [3.63, 3.8) is 0 Å². The SMILES string of the molecule is O=C(Cc1cccnc1)N1CCCC2CNCC21. The molecule has 2 saturated heterocycles. The zero-order chi connectivity index (χ0) is 12.4. The highest BCUT2D eigenvalue weighted by Gasteiger charge is 2.36. The zero-order valence-corrected chi connectivity index (χ0v) is 10.5. The first kappa shape index (κ1) is 11.7. The van der Waals surface area contributed by atoms with E-state index in [1.807, 2.05) is 12.1 Å². The number of piperidine rings is 1. The summed E-state index contributed by atoms with van der Waals surface area (Å²) in [5, 5.41) is 3.41. The molecule has 0 radical (unpaired) electrons. The average Bonchev–Trinajstić information content (AvgIpc) is 2.87. The summed E-state index contributed by atoms with van der Waals surface area (Å²) in [4.78, 5) is 18.5. The van der Waals surface area contributed by atoms with E-state index in [4.69, 9.17) is 0 Å². The number of fused-ring (bicyclic) bond motifs is 1. The van der Waals surface area contributed by atoms with Crippen LogP contribution in [0.25, 0.3) is 0 Å². The van der Waals surface area contributed by atoms with Crippen LogP contribution in [0, 0.1) is 5.92 Å². The van der Waals surface area contributed by atoms with Crippen molar-refractivity contribution >= 4 is 5.91 Å². The van der Waals surface area contributed by atoms with Crippen LogP contribution in [0.4, 0.5) is 0 Å². The molecule has 1 N–H and O–H groups in total. The van der Waals surface area contributed by atoms with E-state index in [1.165, 1.54) is 6.42 Å². The first-order chi connectivity index (χ1) is 8.84. The molecule has 3 heterocycles. The molecule has 1 aromatic rings. The molecule has 1 aromatic heterocycles. The molecule has 0 bridgehead atoms. The molecule has 2 fully saturated rings. The molecule has 4 nitrogen and oxygen atoms in total. The summed E-state index contributed by atoms with van der Waals surface area (Å²) in [7, 11) is 0. The van der Waals surface area contributed by atoms with Gasteiger partial charge >= 0.3 is 0 Å². The van der Waals surface area contributed by atoms with E-state index < -0.39 is 0 Å². The van der Waals surface area contributed by atoms with Crippen LogP contribution in [0.5, 0.6) is 0 Å². The fourth-order valence-corrected chi connectivity index (χ4v) is 3.16. The molecule has 4 heteroatoms. The maximum absolute atomic E-state index is 12.4. The van der Waals surface area contributed by atoms with Crippen LogP contribution < -0.4 is 5.32 Å². The molecule has 0 aliphatic carbocycles. The molecule has 2 unspecified atom stereocenters. The number of likely N-dealkylation sites (tertiary alicyclic amines) is 1. The fourth-order valence-electron chi connectivity index (χ4n) is 3.16. The number of amides is 1. The molecule has 0 spiro atoms. The number of rotatable bonds is 2. The van der Waals surface area contributed by atoms with E-state index in [0.717, 1.165) is 31.6 Å². The molecule has 96 valence electrons. The molecule has 3 rings (SSSR count). The predicted octanol–water partition coefficient (Wildman–Crippen LogP) is 0.834. The quantitative estimate of drug-likeness (QED) is 0.839. The number of hydrogen-bond donors (Lipinski definition) is 1. The topological polar surface area (TPSA) is 45.2 Å². The molecule has 1 amide bonds. The lowest BCUT2D eigenvalue weighted by molar-refractivity contribution is -0.134. The Morgan fingerprint density at radius 3 is 3.28 bits per heavy atom. The van der Waals surface area contributed by atoms with E-state index in [1.54, 1.807) is 12.4 Å². The fraction of sp³-hybridized carbons (Fsp3) is 0.571. The number of nitrogens with one attached hydrogen (secondary N) is 1. The van der Waals surface area contributed by atoms with Crippen molar-refractivity contribution in [1.82, 2.24) is 15.2 Å². The molecule has 2 aliphatic rings. The normalized spacial score (nSPS) is 27.0. The summed E-state index contributed by atoms with van der Waals surface area (Å²) in [5.74, 6) is 0.915. The summed E-state index contributed by atoms with van der Waals surface area (Å²) in [6, 6.07) is 4.28. The van der Waals surface area contributed by atoms with Crippen molar-refractivity contribution < 1.29 is 4.79 Å². The second kappa shape index (κ2) is 5.06. The molecule has 18 heavy (non-hydrogen) atoms. The van der Waals surface area contributed by atoms with Crippen molar-refractivity contribution in [3.05, 3.63) is 30.1 Å². The van der Waals surface area contributed by atoms with Gasteiger partial charge in [-0.05, 0) is 30.4 Å². The van der Waals surface area contributed by atoms with E-state index >= 15 is 0 Å². The maximum atomic E-state index is 12.4. The Bertz CT molecular complexity index is 420. The highest BCUT2D eigenvalue weighted by molar-refractivity contribution is 5.79. The van der Waals surface area contributed by atoms with Crippen LogP contribution in [0.2, 0.25) is 0 Å². The molecular weight excluding hydrogens is 226 g/mol. The summed E-state index contributed by atoms with van der Waals surface area (Å²) in [5.41, 5.74) is 1.01. The predicted molar refractivity (Wildman–Crippen MR) is 69.0 cm³/mol. The van der Waals surface area contributed by atoms with E-state index in [-0.39, 0.29) is 5.91 Å². The second-order valence-electron chi connectivity index (χ2n) is 5.25. The van der Waals surface area contributed by atoms with Gasteiger partial charge in [-0.3, -0.25) is 9.78 Å². The van der Waals surface area contributed by atoms with Gasteiger partial charge in [-0.1, -0.05) is 6.07 Å². The molecule has 0 saturated carbocycles. The highest BCUT2D eigenvalue weighted by Crippen LogP contribution is 2.26. The smallest absolute Gasteiger partial charge is 0.227 e. The Kier molecular flexibility index (Phi) is 3.28. The van der Waals surface area contributed by atoms with Crippen LogP contribution in [0.3, 0.4) is 0 Å². The van der Waals surface area contributed by atoms with Crippen molar-refractivity contribution in [2.75, 3.05) is 19.6 Å². The Hall–Kier alpha value is -1.42. The summed E-state index contributed by atoms with van der Waals surface area (Å²) < 4.78 is 0. The number of aromatic nitrogens is 1. The van der Waals surface area contributed by atoms with Gasteiger partial charge in [0, 0.05) is 38.1 Å². The van der Waals surface area contributed by atoms with Crippen LogP contribution in [-0.2, 0) is 11.2 Å². The van der Waals surface area contributed by atoms with Crippen LogP contribution >= 0.6 is 0 Å². The molecule has 0 aromatic carbocycles. The summed E-state index contributed by atoms with van der Waals surface area (Å²) in [6.45, 7) is 2.95. The maximum Gasteiger partial charge on any atom is 0.227 e. The summed E-state index contributed by atoms with van der Waals surface area (Å²) >= 11 is 0. The van der Waals surface area contributed by atoms with E-state index in [0.29, 0.717) is 18.4 Å². The van der Waals surface area contributed by atoms with Gasteiger partial charge in [0.15, 0.2) is 0 Å². The first-order valence-corrected chi connectivity index (χ1v) is 6.73.